The molecule has 2 aromatic rings. The van der Waals surface area contributed by atoms with Gasteiger partial charge in [-0.05, 0) is 33.7 Å². The number of hydrogen-bond donors (Lipinski definition) is 1. The number of halogens is 1. The van der Waals surface area contributed by atoms with Crippen molar-refractivity contribution in [2.24, 2.45) is 0 Å². The van der Waals surface area contributed by atoms with Crippen molar-refractivity contribution in [3.63, 3.8) is 0 Å². The summed E-state index contributed by atoms with van der Waals surface area (Å²) >= 11 is 2.28. The molecule has 4 heteroatoms. The zero-order valence-electron chi connectivity index (χ0n) is 10.7. The van der Waals surface area contributed by atoms with Crippen molar-refractivity contribution in [3.05, 3.63) is 51.4 Å². The maximum atomic E-state index is 4.31. The van der Waals surface area contributed by atoms with Crippen LogP contribution in [0.2, 0.25) is 0 Å². The minimum absolute atomic E-state index is 0.515. The largest absolute Gasteiger partial charge is 0.310 e. The first-order chi connectivity index (χ1) is 8.63. The van der Waals surface area contributed by atoms with Crippen LogP contribution in [0.1, 0.15) is 25.0 Å². The Morgan fingerprint density at radius 3 is 2.78 bits per heavy atom. The zero-order chi connectivity index (χ0) is 13.0. The molecule has 0 aliphatic carbocycles. The monoisotopic (exact) mass is 355 g/mol. The van der Waals surface area contributed by atoms with Crippen LogP contribution in [0.3, 0.4) is 0 Å². The van der Waals surface area contributed by atoms with Crippen LogP contribution in [0.4, 0.5) is 0 Å². The van der Waals surface area contributed by atoms with E-state index in [0.717, 1.165) is 13.1 Å². The van der Waals surface area contributed by atoms with E-state index in [4.69, 9.17) is 0 Å². The van der Waals surface area contributed by atoms with Crippen LogP contribution in [-0.2, 0) is 13.1 Å². The Hall–Kier alpha value is -0.880. The molecule has 1 aromatic heterocycles. The predicted molar refractivity (Wildman–Crippen MR) is 82.5 cm³/mol. The smallest absolute Gasteiger partial charge is 0.0659 e. The second kappa shape index (κ2) is 6.33. The number of hydrogen-bond acceptors (Lipinski definition) is 2. The standard InChI is InChI=1S/C14H18IN3/c1-11(2)16-7-12-4-3-5-13(6-12)9-18-10-14(15)8-17-18/h3-6,8,10-11,16H,7,9H2,1-2H3. The van der Waals surface area contributed by atoms with Crippen LogP contribution >= 0.6 is 22.6 Å². The summed E-state index contributed by atoms with van der Waals surface area (Å²) in [6.07, 6.45) is 3.93. The number of benzene rings is 1. The zero-order valence-corrected chi connectivity index (χ0v) is 12.9. The van der Waals surface area contributed by atoms with Gasteiger partial charge in [-0.2, -0.15) is 5.10 Å². The number of aromatic nitrogens is 2. The van der Waals surface area contributed by atoms with Crippen molar-refractivity contribution in [2.75, 3.05) is 0 Å². The summed E-state index contributed by atoms with van der Waals surface area (Å²) in [7, 11) is 0. The van der Waals surface area contributed by atoms with Gasteiger partial charge in [0.05, 0.1) is 16.3 Å². The highest BCUT2D eigenvalue weighted by Gasteiger charge is 2.00. The van der Waals surface area contributed by atoms with Crippen molar-refractivity contribution < 1.29 is 0 Å². The molecule has 1 heterocycles. The quantitative estimate of drug-likeness (QED) is 0.836. The predicted octanol–water partition coefficient (Wildman–Crippen LogP) is 3.03. The Morgan fingerprint density at radius 2 is 2.11 bits per heavy atom. The Morgan fingerprint density at radius 1 is 1.33 bits per heavy atom. The van der Waals surface area contributed by atoms with Gasteiger partial charge in [-0.15, -0.1) is 0 Å². The van der Waals surface area contributed by atoms with Crippen molar-refractivity contribution in [1.29, 1.82) is 0 Å². The molecule has 0 radical (unpaired) electrons. The molecule has 0 amide bonds. The fraction of sp³-hybridized carbons (Fsp3) is 0.357. The second-order valence-electron chi connectivity index (χ2n) is 4.71. The molecule has 0 bridgehead atoms. The van der Waals surface area contributed by atoms with Crippen molar-refractivity contribution in [1.82, 2.24) is 15.1 Å². The van der Waals surface area contributed by atoms with E-state index < -0.39 is 0 Å². The average molecular weight is 355 g/mol. The van der Waals surface area contributed by atoms with E-state index in [1.807, 2.05) is 10.9 Å². The van der Waals surface area contributed by atoms with E-state index in [-0.39, 0.29) is 0 Å². The summed E-state index contributed by atoms with van der Waals surface area (Å²) in [4.78, 5) is 0. The third kappa shape index (κ3) is 4.10. The second-order valence-corrected chi connectivity index (χ2v) is 5.96. The maximum Gasteiger partial charge on any atom is 0.0659 e. The molecule has 0 unspecified atom stereocenters. The normalized spacial score (nSPS) is 11.1. The van der Waals surface area contributed by atoms with Crippen molar-refractivity contribution in [3.8, 4) is 0 Å². The van der Waals surface area contributed by atoms with Gasteiger partial charge in [-0.25, -0.2) is 0 Å². The molecule has 0 saturated heterocycles. The van der Waals surface area contributed by atoms with Crippen LogP contribution in [0.15, 0.2) is 36.7 Å². The number of nitrogens with one attached hydrogen (secondary N) is 1. The van der Waals surface area contributed by atoms with Gasteiger partial charge in [0, 0.05) is 18.8 Å². The van der Waals surface area contributed by atoms with Gasteiger partial charge in [0.2, 0.25) is 0 Å². The fourth-order valence-corrected chi connectivity index (χ4v) is 2.22. The minimum Gasteiger partial charge on any atom is -0.310 e. The van der Waals surface area contributed by atoms with E-state index >= 15 is 0 Å². The summed E-state index contributed by atoms with van der Waals surface area (Å²) in [5, 5.41) is 7.74. The molecule has 1 aromatic carbocycles. The third-order valence-electron chi connectivity index (χ3n) is 2.65. The molecule has 0 saturated carbocycles. The fourth-order valence-electron chi connectivity index (χ4n) is 1.77. The molecule has 0 atom stereocenters. The van der Waals surface area contributed by atoms with Crippen LogP contribution in [-0.4, -0.2) is 15.8 Å². The summed E-state index contributed by atoms with van der Waals surface area (Å²) < 4.78 is 3.14. The van der Waals surface area contributed by atoms with Crippen LogP contribution < -0.4 is 5.32 Å². The highest BCUT2D eigenvalue weighted by molar-refractivity contribution is 14.1. The lowest BCUT2D eigenvalue weighted by Crippen LogP contribution is -2.21. The Kier molecular flexibility index (Phi) is 4.77. The topological polar surface area (TPSA) is 29.9 Å². The summed E-state index contributed by atoms with van der Waals surface area (Å²) in [6, 6.07) is 9.17. The highest BCUT2D eigenvalue weighted by Crippen LogP contribution is 2.09. The van der Waals surface area contributed by atoms with Gasteiger partial charge in [0.25, 0.3) is 0 Å². The average Bonchev–Trinajstić information content (AvgIpc) is 2.73. The van der Waals surface area contributed by atoms with Crippen LogP contribution in [0.5, 0.6) is 0 Å². The Labute approximate surface area is 122 Å². The molecular formula is C14H18IN3. The Bertz CT molecular complexity index is 505. The van der Waals surface area contributed by atoms with Crippen LogP contribution in [0.25, 0.3) is 0 Å². The molecule has 0 aliphatic heterocycles. The molecule has 96 valence electrons. The molecular weight excluding hydrogens is 337 g/mol. The van der Waals surface area contributed by atoms with Crippen molar-refractivity contribution >= 4 is 22.6 Å². The molecule has 18 heavy (non-hydrogen) atoms. The van der Waals surface area contributed by atoms with Gasteiger partial charge in [-0.3, -0.25) is 4.68 Å². The van der Waals surface area contributed by atoms with E-state index in [0.29, 0.717) is 6.04 Å². The van der Waals surface area contributed by atoms with E-state index in [2.05, 4.69) is 77.3 Å². The maximum absolute atomic E-state index is 4.31. The first-order valence-corrected chi connectivity index (χ1v) is 7.20. The SMILES string of the molecule is CC(C)NCc1cccc(Cn2cc(I)cn2)c1. The first-order valence-electron chi connectivity index (χ1n) is 6.12. The van der Waals surface area contributed by atoms with Crippen LogP contribution in [0, 0.1) is 3.57 Å². The summed E-state index contributed by atoms with van der Waals surface area (Å²) in [5.41, 5.74) is 2.61. The van der Waals surface area contributed by atoms with Gasteiger partial charge in [0.15, 0.2) is 0 Å². The number of nitrogens with zero attached hydrogens (tertiary/aromatic N) is 2. The lowest BCUT2D eigenvalue weighted by Gasteiger charge is -2.09. The van der Waals surface area contributed by atoms with E-state index in [1.54, 1.807) is 0 Å². The molecule has 0 spiro atoms. The summed E-state index contributed by atoms with van der Waals surface area (Å²) in [6.45, 7) is 6.08. The lowest BCUT2D eigenvalue weighted by atomic mass is 10.1. The summed E-state index contributed by atoms with van der Waals surface area (Å²) in [5.74, 6) is 0. The van der Waals surface area contributed by atoms with Gasteiger partial charge < -0.3 is 5.32 Å². The molecule has 1 N–H and O–H groups in total. The lowest BCUT2D eigenvalue weighted by molar-refractivity contribution is 0.588. The number of rotatable bonds is 5. The minimum atomic E-state index is 0.515. The van der Waals surface area contributed by atoms with Gasteiger partial charge >= 0.3 is 0 Å². The van der Waals surface area contributed by atoms with E-state index in [1.165, 1.54) is 14.7 Å². The molecule has 0 fully saturated rings. The van der Waals surface area contributed by atoms with Crippen molar-refractivity contribution in [2.45, 2.75) is 33.0 Å². The molecule has 2 rings (SSSR count). The highest BCUT2D eigenvalue weighted by atomic mass is 127. The third-order valence-corrected chi connectivity index (χ3v) is 3.21. The van der Waals surface area contributed by atoms with Gasteiger partial charge in [-0.1, -0.05) is 38.1 Å². The van der Waals surface area contributed by atoms with E-state index in [9.17, 15) is 0 Å². The first kappa shape index (κ1) is 13.5. The van der Waals surface area contributed by atoms with Gasteiger partial charge in [0.1, 0.15) is 0 Å². The molecule has 3 nitrogen and oxygen atoms in total. The Balaban J connectivity index is 2.02. The molecule has 0 aliphatic rings.